The standard InChI is InChI=1S/C12H10Cl2N4O3/c1-20-6-10-16-18(12(19)21-10)5-8-4-17-3-7(13)2-9(14)11(17)15-8/h2-4H,5-6H2,1H3. The van der Waals surface area contributed by atoms with Crippen LogP contribution < -0.4 is 5.76 Å². The van der Waals surface area contributed by atoms with Gasteiger partial charge in [-0.3, -0.25) is 0 Å². The molecule has 0 radical (unpaired) electrons. The summed E-state index contributed by atoms with van der Waals surface area (Å²) in [7, 11) is 1.49. The van der Waals surface area contributed by atoms with E-state index >= 15 is 0 Å². The molecule has 0 fully saturated rings. The van der Waals surface area contributed by atoms with E-state index in [0.29, 0.717) is 21.4 Å². The number of nitrogens with zero attached hydrogens (tertiary/aromatic N) is 4. The highest BCUT2D eigenvalue weighted by Crippen LogP contribution is 2.21. The Labute approximate surface area is 128 Å². The molecular weight excluding hydrogens is 319 g/mol. The highest BCUT2D eigenvalue weighted by Gasteiger charge is 2.12. The Morgan fingerprint density at radius 2 is 2.19 bits per heavy atom. The summed E-state index contributed by atoms with van der Waals surface area (Å²) in [5, 5.41) is 4.94. The van der Waals surface area contributed by atoms with Gasteiger partial charge in [0.2, 0.25) is 5.89 Å². The predicted octanol–water partition coefficient (Wildman–Crippen LogP) is 1.99. The van der Waals surface area contributed by atoms with Crippen LogP contribution in [-0.4, -0.2) is 26.3 Å². The zero-order chi connectivity index (χ0) is 15.0. The van der Waals surface area contributed by atoms with E-state index < -0.39 is 5.76 Å². The Kier molecular flexibility index (Phi) is 3.71. The summed E-state index contributed by atoms with van der Waals surface area (Å²) in [4.78, 5) is 16.0. The fraction of sp³-hybridized carbons (Fsp3) is 0.250. The summed E-state index contributed by atoms with van der Waals surface area (Å²) in [6.45, 7) is 0.302. The van der Waals surface area contributed by atoms with Crippen LogP contribution in [-0.2, 0) is 17.9 Å². The van der Waals surface area contributed by atoms with Crippen molar-refractivity contribution in [2.24, 2.45) is 0 Å². The largest absolute Gasteiger partial charge is 0.437 e. The lowest BCUT2D eigenvalue weighted by molar-refractivity contribution is 0.158. The first-order valence-corrected chi connectivity index (χ1v) is 6.71. The smallest absolute Gasteiger partial charge is 0.390 e. The third-order valence-corrected chi connectivity index (χ3v) is 3.24. The van der Waals surface area contributed by atoms with Crippen LogP contribution in [0.25, 0.3) is 5.65 Å². The van der Waals surface area contributed by atoms with Crippen LogP contribution >= 0.6 is 23.2 Å². The number of aromatic nitrogens is 4. The molecule has 0 atom stereocenters. The molecule has 0 saturated heterocycles. The van der Waals surface area contributed by atoms with E-state index in [1.54, 1.807) is 22.9 Å². The van der Waals surface area contributed by atoms with Crippen LogP contribution in [0, 0.1) is 0 Å². The van der Waals surface area contributed by atoms with Crippen molar-refractivity contribution < 1.29 is 9.15 Å². The lowest BCUT2D eigenvalue weighted by Crippen LogP contribution is -2.16. The molecular formula is C12H10Cl2N4O3. The summed E-state index contributed by atoms with van der Waals surface area (Å²) >= 11 is 12.0. The van der Waals surface area contributed by atoms with Gasteiger partial charge in [-0.2, -0.15) is 4.68 Å². The molecule has 0 aliphatic rings. The lowest BCUT2D eigenvalue weighted by atomic mass is 10.5. The SMILES string of the molecule is COCc1nn(Cc2cn3cc(Cl)cc(Cl)c3n2)c(=O)o1. The molecule has 21 heavy (non-hydrogen) atoms. The van der Waals surface area contributed by atoms with Gasteiger partial charge in [0, 0.05) is 19.5 Å². The minimum Gasteiger partial charge on any atom is -0.390 e. The van der Waals surface area contributed by atoms with E-state index in [9.17, 15) is 4.79 Å². The van der Waals surface area contributed by atoms with Crippen molar-refractivity contribution in [1.29, 1.82) is 0 Å². The van der Waals surface area contributed by atoms with E-state index in [1.165, 1.54) is 11.8 Å². The second kappa shape index (κ2) is 5.51. The molecule has 0 amide bonds. The molecule has 3 rings (SSSR count). The maximum atomic E-state index is 11.7. The van der Waals surface area contributed by atoms with Crippen LogP contribution in [0.2, 0.25) is 10.0 Å². The van der Waals surface area contributed by atoms with E-state index in [2.05, 4.69) is 10.1 Å². The number of imidazole rings is 1. The molecule has 0 bridgehead atoms. The first-order chi connectivity index (χ1) is 10.1. The van der Waals surface area contributed by atoms with Crippen molar-refractivity contribution in [3.8, 4) is 0 Å². The number of halogens is 2. The van der Waals surface area contributed by atoms with Crippen molar-refractivity contribution in [3.05, 3.63) is 50.6 Å². The summed E-state index contributed by atoms with van der Waals surface area (Å²) in [5.74, 6) is -0.351. The van der Waals surface area contributed by atoms with Crippen molar-refractivity contribution in [3.63, 3.8) is 0 Å². The third kappa shape index (κ3) is 2.80. The molecule has 0 aromatic carbocycles. The summed E-state index contributed by atoms with van der Waals surface area (Å²) in [5.41, 5.74) is 1.17. The van der Waals surface area contributed by atoms with Gasteiger partial charge in [-0.05, 0) is 6.07 Å². The fourth-order valence-electron chi connectivity index (χ4n) is 1.94. The number of hydrogen-bond acceptors (Lipinski definition) is 5. The minimum atomic E-state index is -0.566. The molecule has 110 valence electrons. The highest BCUT2D eigenvalue weighted by atomic mass is 35.5. The first kappa shape index (κ1) is 14.1. The second-order valence-electron chi connectivity index (χ2n) is 4.32. The van der Waals surface area contributed by atoms with Gasteiger partial charge in [0.05, 0.1) is 22.3 Å². The molecule has 0 N–H and O–H groups in total. The molecule has 0 aliphatic heterocycles. The number of methoxy groups -OCH3 is 1. The Balaban J connectivity index is 1.95. The van der Waals surface area contributed by atoms with Crippen LogP contribution in [0.15, 0.2) is 27.7 Å². The van der Waals surface area contributed by atoms with Crippen LogP contribution in [0.3, 0.4) is 0 Å². The second-order valence-corrected chi connectivity index (χ2v) is 5.17. The molecule has 0 unspecified atom stereocenters. The summed E-state index contributed by atoms with van der Waals surface area (Å²) < 4.78 is 12.7. The zero-order valence-electron chi connectivity index (χ0n) is 10.9. The Hall–Kier alpha value is -1.83. The van der Waals surface area contributed by atoms with Gasteiger partial charge in [-0.1, -0.05) is 23.2 Å². The van der Waals surface area contributed by atoms with Gasteiger partial charge in [0.15, 0.2) is 5.65 Å². The molecule has 0 saturated carbocycles. The van der Waals surface area contributed by atoms with Crippen molar-refractivity contribution in [2.45, 2.75) is 13.2 Å². The van der Waals surface area contributed by atoms with Crippen LogP contribution in [0.4, 0.5) is 0 Å². The van der Waals surface area contributed by atoms with Gasteiger partial charge >= 0.3 is 5.76 Å². The van der Waals surface area contributed by atoms with E-state index in [0.717, 1.165) is 0 Å². The normalized spacial score (nSPS) is 11.4. The van der Waals surface area contributed by atoms with Crippen LogP contribution in [0.1, 0.15) is 11.6 Å². The van der Waals surface area contributed by atoms with Crippen molar-refractivity contribution in [1.82, 2.24) is 19.2 Å². The molecule has 3 aromatic heterocycles. The van der Waals surface area contributed by atoms with E-state index in [1.807, 2.05) is 0 Å². The summed E-state index contributed by atoms with van der Waals surface area (Å²) in [6.07, 6.45) is 3.41. The molecule has 7 nitrogen and oxygen atoms in total. The number of hydrogen-bond donors (Lipinski definition) is 0. The monoisotopic (exact) mass is 328 g/mol. The van der Waals surface area contributed by atoms with Crippen molar-refractivity contribution in [2.75, 3.05) is 7.11 Å². The molecule has 9 heteroatoms. The number of rotatable bonds is 4. The first-order valence-electron chi connectivity index (χ1n) is 5.95. The maximum absolute atomic E-state index is 11.7. The Bertz CT molecular complexity index is 852. The van der Waals surface area contributed by atoms with Gasteiger partial charge < -0.3 is 13.6 Å². The number of ether oxygens (including phenoxy) is 1. The average molecular weight is 329 g/mol. The predicted molar refractivity (Wildman–Crippen MR) is 75.8 cm³/mol. The minimum absolute atomic E-state index is 0.134. The maximum Gasteiger partial charge on any atom is 0.437 e. The fourth-order valence-corrected chi connectivity index (χ4v) is 2.46. The van der Waals surface area contributed by atoms with E-state index in [4.69, 9.17) is 32.4 Å². The topological polar surface area (TPSA) is 74.6 Å². The third-order valence-electron chi connectivity index (χ3n) is 2.75. The quantitative estimate of drug-likeness (QED) is 0.732. The van der Waals surface area contributed by atoms with Gasteiger partial charge in [-0.25, -0.2) is 9.78 Å². The Morgan fingerprint density at radius 3 is 2.95 bits per heavy atom. The van der Waals surface area contributed by atoms with E-state index in [-0.39, 0.29) is 19.0 Å². The molecule has 0 aliphatic carbocycles. The van der Waals surface area contributed by atoms with Crippen molar-refractivity contribution >= 4 is 28.8 Å². The molecule has 3 aromatic rings. The Morgan fingerprint density at radius 1 is 1.38 bits per heavy atom. The van der Waals surface area contributed by atoms with Gasteiger partial charge in [0.1, 0.15) is 6.61 Å². The lowest BCUT2D eigenvalue weighted by Gasteiger charge is -1.95. The number of pyridine rings is 1. The van der Waals surface area contributed by atoms with Crippen LogP contribution in [0.5, 0.6) is 0 Å². The molecule has 0 spiro atoms. The average Bonchev–Trinajstić information content (AvgIpc) is 2.95. The van der Waals surface area contributed by atoms with Gasteiger partial charge in [-0.15, -0.1) is 5.10 Å². The summed E-state index contributed by atoms with van der Waals surface area (Å²) in [6, 6.07) is 1.61. The highest BCUT2D eigenvalue weighted by molar-refractivity contribution is 6.36. The number of fused-ring (bicyclic) bond motifs is 1. The van der Waals surface area contributed by atoms with Gasteiger partial charge in [0.25, 0.3) is 0 Å². The zero-order valence-corrected chi connectivity index (χ0v) is 12.4. The molecule has 3 heterocycles.